The zero-order chi connectivity index (χ0) is 10.3. The SMILES string of the molecule is CC.CCC1(C(C)C)OCCCO1. The fourth-order valence-corrected chi connectivity index (χ4v) is 1.54. The van der Waals surface area contributed by atoms with Gasteiger partial charge < -0.3 is 9.47 Å². The normalized spacial score (nSPS) is 20.8. The molecular formula is C11H24O2. The van der Waals surface area contributed by atoms with Crippen LogP contribution in [0.2, 0.25) is 0 Å². The van der Waals surface area contributed by atoms with Crippen LogP contribution in [0.3, 0.4) is 0 Å². The molecule has 0 bridgehead atoms. The van der Waals surface area contributed by atoms with Crippen molar-refractivity contribution in [2.45, 2.75) is 53.2 Å². The highest BCUT2D eigenvalue weighted by atomic mass is 16.7. The fourth-order valence-electron chi connectivity index (χ4n) is 1.54. The van der Waals surface area contributed by atoms with Crippen LogP contribution in [0.1, 0.15) is 47.5 Å². The molecule has 0 aromatic carbocycles. The quantitative estimate of drug-likeness (QED) is 0.662. The van der Waals surface area contributed by atoms with Crippen LogP contribution in [0, 0.1) is 5.92 Å². The van der Waals surface area contributed by atoms with Gasteiger partial charge >= 0.3 is 0 Å². The average molecular weight is 188 g/mol. The predicted octanol–water partition coefficient (Wildman–Crippen LogP) is 3.21. The van der Waals surface area contributed by atoms with Gasteiger partial charge in [-0.05, 0) is 12.8 Å². The van der Waals surface area contributed by atoms with E-state index in [2.05, 4.69) is 20.8 Å². The third kappa shape index (κ3) is 3.28. The molecule has 2 nitrogen and oxygen atoms in total. The highest BCUT2D eigenvalue weighted by molar-refractivity contribution is 4.74. The smallest absolute Gasteiger partial charge is 0.170 e. The molecule has 1 saturated heterocycles. The lowest BCUT2D eigenvalue weighted by Crippen LogP contribution is -2.44. The van der Waals surface area contributed by atoms with E-state index in [1.165, 1.54) is 0 Å². The van der Waals surface area contributed by atoms with Gasteiger partial charge in [0.05, 0.1) is 13.2 Å². The van der Waals surface area contributed by atoms with Crippen LogP contribution in [-0.4, -0.2) is 19.0 Å². The molecule has 1 heterocycles. The Hall–Kier alpha value is -0.0800. The third-order valence-corrected chi connectivity index (χ3v) is 2.35. The lowest BCUT2D eigenvalue weighted by Gasteiger charge is -2.39. The molecule has 0 unspecified atom stereocenters. The average Bonchev–Trinajstić information content (AvgIpc) is 2.21. The van der Waals surface area contributed by atoms with Gasteiger partial charge in [0.25, 0.3) is 0 Å². The lowest BCUT2D eigenvalue weighted by atomic mass is 9.99. The first-order chi connectivity index (χ1) is 6.21. The summed E-state index contributed by atoms with van der Waals surface area (Å²) in [6.07, 6.45) is 1.99. The van der Waals surface area contributed by atoms with Crippen molar-refractivity contribution < 1.29 is 9.47 Å². The van der Waals surface area contributed by atoms with Gasteiger partial charge in [-0.1, -0.05) is 34.6 Å². The molecule has 1 rings (SSSR count). The first-order valence-electron chi connectivity index (χ1n) is 5.49. The molecule has 2 heteroatoms. The van der Waals surface area contributed by atoms with E-state index in [1.54, 1.807) is 0 Å². The van der Waals surface area contributed by atoms with Gasteiger partial charge in [0.2, 0.25) is 0 Å². The lowest BCUT2D eigenvalue weighted by molar-refractivity contribution is -0.290. The Balaban J connectivity index is 0.000000671. The topological polar surface area (TPSA) is 18.5 Å². The number of hydrogen-bond acceptors (Lipinski definition) is 2. The Kier molecular flexibility index (Phi) is 6.35. The molecule has 0 aromatic heterocycles. The van der Waals surface area contributed by atoms with E-state index in [0.717, 1.165) is 26.1 Å². The molecule has 0 saturated carbocycles. The first-order valence-corrected chi connectivity index (χ1v) is 5.49. The largest absolute Gasteiger partial charge is 0.350 e. The standard InChI is InChI=1S/C9H18O2.C2H6/c1-4-9(8(2)3)10-6-5-7-11-9;1-2/h8H,4-7H2,1-3H3;1-2H3. The molecule has 13 heavy (non-hydrogen) atoms. The number of hydrogen-bond donors (Lipinski definition) is 0. The van der Waals surface area contributed by atoms with Crippen LogP contribution in [0.15, 0.2) is 0 Å². The Morgan fingerprint density at radius 1 is 1.15 bits per heavy atom. The first kappa shape index (κ1) is 12.9. The van der Waals surface area contributed by atoms with Gasteiger partial charge in [0.15, 0.2) is 5.79 Å². The van der Waals surface area contributed by atoms with E-state index in [1.807, 2.05) is 13.8 Å². The van der Waals surface area contributed by atoms with E-state index in [-0.39, 0.29) is 5.79 Å². The summed E-state index contributed by atoms with van der Waals surface area (Å²) in [5.41, 5.74) is 0. The van der Waals surface area contributed by atoms with Gasteiger partial charge in [0.1, 0.15) is 0 Å². The Labute approximate surface area is 82.6 Å². The fraction of sp³-hybridized carbons (Fsp3) is 1.00. The van der Waals surface area contributed by atoms with E-state index >= 15 is 0 Å². The van der Waals surface area contributed by atoms with Crippen LogP contribution in [-0.2, 0) is 9.47 Å². The highest BCUT2D eigenvalue weighted by Crippen LogP contribution is 2.30. The Bertz CT molecular complexity index is 115. The van der Waals surface area contributed by atoms with E-state index < -0.39 is 0 Å². The van der Waals surface area contributed by atoms with Gasteiger partial charge in [-0.3, -0.25) is 0 Å². The molecule has 1 fully saturated rings. The highest BCUT2D eigenvalue weighted by Gasteiger charge is 2.35. The van der Waals surface area contributed by atoms with Crippen molar-refractivity contribution in [1.82, 2.24) is 0 Å². The molecule has 0 N–H and O–H groups in total. The van der Waals surface area contributed by atoms with Crippen LogP contribution < -0.4 is 0 Å². The molecule has 1 aliphatic heterocycles. The summed E-state index contributed by atoms with van der Waals surface area (Å²) in [6.45, 7) is 12.1. The maximum atomic E-state index is 5.65. The number of rotatable bonds is 2. The van der Waals surface area contributed by atoms with Gasteiger partial charge in [-0.15, -0.1) is 0 Å². The van der Waals surface area contributed by atoms with E-state index in [0.29, 0.717) is 5.92 Å². The van der Waals surface area contributed by atoms with Gasteiger partial charge in [-0.2, -0.15) is 0 Å². The third-order valence-electron chi connectivity index (χ3n) is 2.35. The van der Waals surface area contributed by atoms with Crippen molar-refractivity contribution in [3.05, 3.63) is 0 Å². The second-order valence-electron chi connectivity index (χ2n) is 3.37. The van der Waals surface area contributed by atoms with Crippen LogP contribution in [0.5, 0.6) is 0 Å². The summed E-state index contributed by atoms with van der Waals surface area (Å²) < 4.78 is 11.3. The van der Waals surface area contributed by atoms with Crippen molar-refractivity contribution in [2.24, 2.45) is 5.92 Å². The maximum absolute atomic E-state index is 5.65. The molecular weight excluding hydrogens is 164 g/mol. The van der Waals surface area contributed by atoms with Gasteiger partial charge in [-0.25, -0.2) is 0 Å². The second-order valence-corrected chi connectivity index (χ2v) is 3.37. The van der Waals surface area contributed by atoms with Crippen molar-refractivity contribution in [3.8, 4) is 0 Å². The second kappa shape index (κ2) is 6.39. The zero-order valence-electron chi connectivity index (χ0n) is 9.72. The van der Waals surface area contributed by atoms with Crippen molar-refractivity contribution >= 4 is 0 Å². The van der Waals surface area contributed by atoms with Crippen LogP contribution in [0.4, 0.5) is 0 Å². The zero-order valence-corrected chi connectivity index (χ0v) is 9.72. The van der Waals surface area contributed by atoms with Crippen LogP contribution in [0.25, 0.3) is 0 Å². The summed E-state index contributed by atoms with van der Waals surface area (Å²) in [4.78, 5) is 0. The summed E-state index contributed by atoms with van der Waals surface area (Å²) in [7, 11) is 0. The van der Waals surface area contributed by atoms with E-state index in [9.17, 15) is 0 Å². The van der Waals surface area contributed by atoms with E-state index in [4.69, 9.17) is 9.47 Å². The van der Waals surface area contributed by atoms with Crippen molar-refractivity contribution in [1.29, 1.82) is 0 Å². The minimum absolute atomic E-state index is 0.280. The maximum Gasteiger partial charge on any atom is 0.170 e. The Morgan fingerprint density at radius 3 is 1.85 bits per heavy atom. The molecule has 0 radical (unpaired) electrons. The molecule has 0 aromatic rings. The molecule has 0 spiro atoms. The van der Waals surface area contributed by atoms with Crippen molar-refractivity contribution in [3.63, 3.8) is 0 Å². The predicted molar refractivity (Wildman–Crippen MR) is 55.7 cm³/mol. The van der Waals surface area contributed by atoms with Crippen molar-refractivity contribution in [2.75, 3.05) is 13.2 Å². The monoisotopic (exact) mass is 188 g/mol. The summed E-state index contributed by atoms with van der Waals surface area (Å²) in [6, 6.07) is 0. The van der Waals surface area contributed by atoms with Crippen LogP contribution >= 0.6 is 0 Å². The minimum Gasteiger partial charge on any atom is -0.350 e. The molecule has 0 amide bonds. The molecule has 80 valence electrons. The summed E-state index contributed by atoms with van der Waals surface area (Å²) in [5.74, 6) is 0.172. The molecule has 0 aliphatic carbocycles. The Morgan fingerprint density at radius 2 is 1.62 bits per heavy atom. The molecule has 0 atom stereocenters. The number of ether oxygens (including phenoxy) is 2. The minimum atomic E-state index is -0.280. The summed E-state index contributed by atoms with van der Waals surface area (Å²) in [5, 5.41) is 0. The van der Waals surface area contributed by atoms with Gasteiger partial charge in [0, 0.05) is 5.92 Å². The summed E-state index contributed by atoms with van der Waals surface area (Å²) >= 11 is 0. The molecule has 1 aliphatic rings.